The zero-order valence-electron chi connectivity index (χ0n) is 18.7. The summed E-state index contributed by atoms with van der Waals surface area (Å²) in [5.41, 5.74) is -6.83. The fourth-order valence-corrected chi connectivity index (χ4v) is 4.27. The Bertz CT molecular complexity index is 1410. The Kier molecular flexibility index (Phi) is 7.46. The van der Waals surface area contributed by atoms with Crippen molar-refractivity contribution in [2.75, 3.05) is 11.3 Å². The molecular weight excluding hydrogens is 561 g/mol. The van der Waals surface area contributed by atoms with Crippen molar-refractivity contribution in [2.45, 2.75) is 30.3 Å². The Morgan fingerprint density at radius 2 is 1.42 bits per heavy atom. The van der Waals surface area contributed by atoms with Crippen LogP contribution in [0, 0.1) is 0 Å². The predicted molar refractivity (Wildman–Crippen MR) is 112 cm³/mol. The first-order valence-corrected chi connectivity index (χ1v) is 11.6. The molecule has 0 aliphatic rings. The molecule has 1 aromatic heterocycles. The van der Waals surface area contributed by atoms with Crippen LogP contribution in [0.5, 0.6) is 0 Å². The van der Waals surface area contributed by atoms with Crippen molar-refractivity contribution in [3.63, 3.8) is 0 Å². The average molecular weight is 575 g/mol. The number of anilines is 1. The van der Waals surface area contributed by atoms with Gasteiger partial charge in [-0.25, -0.2) is 17.9 Å². The molecule has 0 atom stereocenters. The van der Waals surface area contributed by atoms with Gasteiger partial charge >= 0.3 is 24.5 Å². The lowest BCUT2D eigenvalue weighted by molar-refractivity contribution is -0.144. The Balaban J connectivity index is 1.98. The van der Waals surface area contributed by atoms with Gasteiger partial charge in [0.15, 0.2) is 5.69 Å². The Morgan fingerprint density at radius 1 is 0.895 bits per heavy atom. The summed E-state index contributed by atoms with van der Waals surface area (Å²) in [6, 6.07) is 3.36. The number of nitrogens with zero attached hydrogens (tertiary/aromatic N) is 2. The SMILES string of the molecule is CCOC(=O)c1cnn(-c2ccc(NS(=O)(=O)c3cc(C(F)(F)F)cc(C(F)(F)F)c3)cc2)c1C(F)(F)F. The molecule has 17 heteroatoms. The quantitative estimate of drug-likeness (QED) is 0.292. The number of hydrogen-bond donors (Lipinski definition) is 1. The lowest BCUT2D eigenvalue weighted by Crippen LogP contribution is -2.19. The number of rotatable bonds is 6. The number of carbonyl (C=O) groups excluding carboxylic acids is 1. The first-order chi connectivity index (χ1) is 17.3. The molecule has 0 bridgehead atoms. The molecular formula is C21H14F9N3O4S. The van der Waals surface area contributed by atoms with Gasteiger partial charge in [0.05, 0.1) is 34.5 Å². The molecule has 0 spiro atoms. The van der Waals surface area contributed by atoms with Crippen LogP contribution in [-0.2, 0) is 33.3 Å². The number of ether oxygens (including phenoxy) is 1. The fourth-order valence-electron chi connectivity index (χ4n) is 3.14. The molecule has 206 valence electrons. The first-order valence-electron chi connectivity index (χ1n) is 10.1. The number of benzene rings is 2. The average Bonchev–Trinajstić information content (AvgIpc) is 3.24. The number of alkyl halides is 9. The molecule has 38 heavy (non-hydrogen) atoms. The Hall–Kier alpha value is -3.76. The summed E-state index contributed by atoms with van der Waals surface area (Å²) in [6.07, 6.45) is -15.0. The molecule has 0 aliphatic carbocycles. The highest BCUT2D eigenvalue weighted by atomic mass is 32.2. The molecule has 3 aromatic rings. The van der Waals surface area contributed by atoms with E-state index in [9.17, 15) is 52.7 Å². The Morgan fingerprint density at radius 3 is 1.87 bits per heavy atom. The molecule has 0 aliphatic heterocycles. The minimum absolute atomic E-state index is 0.00219. The van der Waals surface area contributed by atoms with Crippen LogP contribution in [0.15, 0.2) is 53.6 Å². The van der Waals surface area contributed by atoms with Gasteiger partial charge in [0.1, 0.15) is 5.56 Å². The number of esters is 1. The van der Waals surface area contributed by atoms with Crippen LogP contribution in [0.1, 0.15) is 34.1 Å². The van der Waals surface area contributed by atoms with Crippen LogP contribution < -0.4 is 4.72 Å². The molecule has 3 rings (SSSR count). The van der Waals surface area contributed by atoms with Gasteiger partial charge in [0.2, 0.25) is 0 Å². The summed E-state index contributed by atoms with van der Waals surface area (Å²) in [6.45, 7) is 1.16. The summed E-state index contributed by atoms with van der Waals surface area (Å²) in [5.74, 6) is -1.30. The summed E-state index contributed by atoms with van der Waals surface area (Å²) in [5, 5.41) is 3.52. The third-order valence-corrected chi connectivity index (χ3v) is 6.13. The van der Waals surface area contributed by atoms with E-state index >= 15 is 0 Å². The fraction of sp³-hybridized carbons (Fsp3) is 0.238. The zero-order chi connectivity index (χ0) is 28.7. The van der Waals surface area contributed by atoms with Crippen LogP contribution in [0.4, 0.5) is 45.2 Å². The van der Waals surface area contributed by atoms with Gasteiger partial charge in [0, 0.05) is 5.69 Å². The number of sulfonamides is 1. The second-order valence-electron chi connectivity index (χ2n) is 7.43. The summed E-state index contributed by atoms with van der Waals surface area (Å²) in [4.78, 5) is 10.5. The number of carbonyl (C=O) groups is 1. The molecule has 1 heterocycles. The molecule has 0 saturated heterocycles. The van der Waals surface area contributed by atoms with Crippen molar-refractivity contribution in [1.29, 1.82) is 0 Å². The summed E-state index contributed by atoms with van der Waals surface area (Å²) >= 11 is 0. The van der Waals surface area contributed by atoms with E-state index in [1.165, 1.54) is 6.92 Å². The largest absolute Gasteiger partial charge is 0.462 e. The zero-order valence-corrected chi connectivity index (χ0v) is 19.5. The molecule has 2 aromatic carbocycles. The maximum atomic E-state index is 13.6. The molecule has 1 N–H and O–H groups in total. The summed E-state index contributed by atoms with van der Waals surface area (Å²) < 4.78 is 151. The number of halogens is 9. The van der Waals surface area contributed by atoms with E-state index in [2.05, 4.69) is 9.84 Å². The van der Waals surface area contributed by atoms with Crippen LogP contribution in [-0.4, -0.2) is 30.8 Å². The van der Waals surface area contributed by atoms with Gasteiger partial charge in [-0.15, -0.1) is 0 Å². The van der Waals surface area contributed by atoms with E-state index < -0.39 is 67.5 Å². The van der Waals surface area contributed by atoms with E-state index in [-0.39, 0.29) is 30.5 Å². The van der Waals surface area contributed by atoms with Crippen molar-refractivity contribution in [3.8, 4) is 5.69 Å². The van der Waals surface area contributed by atoms with E-state index in [4.69, 9.17) is 0 Å². The van der Waals surface area contributed by atoms with E-state index in [0.717, 1.165) is 24.3 Å². The van der Waals surface area contributed by atoms with Crippen LogP contribution in [0.2, 0.25) is 0 Å². The predicted octanol–water partition coefficient (Wildman–Crippen LogP) is 5.91. The van der Waals surface area contributed by atoms with Crippen molar-refractivity contribution in [3.05, 3.63) is 71.0 Å². The standard InChI is InChI=1S/C21H14F9N3O4S/c1-2-37-18(34)16-10-31-33(17(16)21(28,29)30)14-5-3-13(4-6-14)32-38(35,36)15-8-11(19(22,23)24)7-12(9-15)20(25,26)27/h3-10,32H,2H2,1H3. The maximum Gasteiger partial charge on any atom is 0.434 e. The highest BCUT2D eigenvalue weighted by molar-refractivity contribution is 7.92. The number of hydrogen-bond acceptors (Lipinski definition) is 5. The van der Waals surface area contributed by atoms with E-state index in [1.807, 2.05) is 0 Å². The normalized spacial score (nSPS) is 12.9. The summed E-state index contributed by atoms with van der Waals surface area (Å²) in [7, 11) is -5.01. The third-order valence-electron chi connectivity index (χ3n) is 4.77. The van der Waals surface area contributed by atoms with Gasteiger partial charge < -0.3 is 4.74 Å². The Labute approximate surface area is 207 Å². The minimum atomic E-state index is -5.30. The molecule has 7 nitrogen and oxygen atoms in total. The van der Waals surface area contributed by atoms with Gasteiger partial charge in [-0.2, -0.15) is 44.6 Å². The molecule has 0 unspecified atom stereocenters. The van der Waals surface area contributed by atoms with Gasteiger partial charge in [0.25, 0.3) is 10.0 Å². The van der Waals surface area contributed by atoms with E-state index in [0.29, 0.717) is 10.9 Å². The molecule has 0 fully saturated rings. The molecule has 0 amide bonds. The van der Waals surface area contributed by atoms with Crippen molar-refractivity contribution >= 4 is 21.7 Å². The van der Waals surface area contributed by atoms with Crippen molar-refractivity contribution in [1.82, 2.24) is 9.78 Å². The third kappa shape index (κ3) is 6.20. The second kappa shape index (κ2) is 9.85. The number of nitrogens with one attached hydrogen (secondary N) is 1. The topological polar surface area (TPSA) is 90.3 Å². The van der Waals surface area contributed by atoms with Crippen LogP contribution in [0.25, 0.3) is 5.69 Å². The monoisotopic (exact) mass is 575 g/mol. The van der Waals surface area contributed by atoms with Gasteiger partial charge in [-0.3, -0.25) is 4.72 Å². The maximum absolute atomic E-state index is 13.6. The first kappa shape index (κ1) is 28.8. The van der Waals surface area contributed by atoms with Crippen LogP contribution >= 0.6 is 0 Å². The highest BCUT2D eigenvalue weighted by Crippen LogP contribution is 2.38. The molecule has 0 radical (unpaired) electrons. The molecule has 0 saturated carbocycles. The lowest BCUT2D eigenvalue weighted by atomic mass is 10.1. The van der Waals surface area contributed by atoms with E-state index in [1.54, 1.807) is 4.72 Å². The smallest absolute Gasteiger partial charge is 0.434 e. The highest BCUT2D eigenvalue weighted by Gasteiger charge is 2.41. The van der Waals surface area contributed by atoms with Gasteiger partial charge in [-0.1, -0.05) is 0 Å². The van der Waals surface area contributed by atoms with Gasteiger partial charge in [-0.05, 0) is 49.4 Å². The van der Waals surface area contributed by atoms with Crippen molar-refractivity contribution < 1.29 is 57.5 Å². The van der Waals surface area contributed by atoms with Crippen molar-refractivity contribution in [2.24, 2.45) is 0 Å². The number of aromatic nitrogens is 2. The minimum Gasteiger partial charge on any atom is -0.462 e. The lowest BCUT2D eigenvalue weighted by Gasteiger charge is -2.15. The second-order valence-corrected chi connectivity index (χ2v) is 9.11. The van der Waals surface area contributed by atoms with Crippen LogP contribution in [0.3, 0.4) is 0 Å².